The van der Waals surface area contributed by atoms with Crippen LogP contribution in [0.15, 0.2) is 101 Å². The van der Waals surface area contributed by atoms with Gasteiger partial charge in [0.05, 0.1) is 0 Å². The van der Waals surface area contributed by atoms with Crippen molar-refractivity contribution in [2.45, 2.75) is 22.6 Å². The van der Waals surface area contributed by atoms with Gasteiger partial charge in [-0.1, -0.05) is 0 Å². The number of hydrogen-bond donors (Lipinski definition) is 0. The van der Waals surface area contributed by atoms with E-state index in [0.717, 1.165) is 34.1 Å². The predicted molar refractivity (Wildman–Crippen MR) is 121 cm³/mol. The van der Waals surface area contributed by atoms with Crippen molar-refractivity contribution in [1.82, 2.24) is 0 Å². The van der Waals surface area contributed by atoms with Gasteiger partial charge in [-0.05, 0) is 0 Å². The molecule has 0 aliphatic heterocycles. The number of halogens is 2. The summed E-state index contributed by atoms with van der Waals surface area (Å²) in [5, 5.41) is 0. The molecule has 0 heterocycles. The van der Waals surface area contributed by atoms with Crippen LogP contribution in [0.4, 0.5) is 0 Å². The Bertz CT molecular complexity index is 936. The average Bonchev–Trinajstić information content (AvgIpc) is 3.48. The van der Waals surface area contributed by atoms with Gasteiger partial charge in [-0.3, -0.25) is 0 Å². The van der Waals surface area contributed by atoms with Crippen LogP contribution >= 0.6 is 43.3 Å². The predicted octanol–water partition coefficient (Wildman–Crippen LogP) is 8.31. The molecule has 4 rings (SSSR count). The summed E-state index contributed by atoms with van der Waals surface area (Å²) < 4.78 is 16.3. The number of benzene rings is 2. The van der Waals surface area contributed by atoms with Crippen molar-refractivity contribution in [3.05, 3.63) is 91.5 Å². The van der Waals surface area contributed by atoms with Gasteiger partial charge in [-0.15, -0.1) is 0 Å². The molecule has 29 heavy (non-hydrogen) atoms. The van der Waals surface area contributed by atoms with E-state index < -0.39 is 21.1 Å². The molecule has 2 aliphatic carbocycles. The molecule has 0 aromatic heterocycles. The molecule has 0 N–H and O–H groups in total. The summed E-state index contributed by atoms with van der Waals surface area (Å²) in [5.74, 6) is 1.53. The zero-order chi connectivity index (χ0) is 20.1. The Morgan fingerprint density at radius 3 is 1.52 bits per heavy atom. The van der Waals surface area contributed by atoms with Crippen LogP contribution in [0.2, 0.25) is 0 Å². The van der Waals surface area contributed by atoms with Crippen molar-refractivity contribution < 1.29 is 26.8 Å². The molecule has 0 bridgehead atoms. The van der Waals surface area contributed by atoms with Gasteiger partial charge < -0.3 is 0 Å². The molecule has 0 saturated heterocycles. The molecule has 2 nitrogen and oxygen atoms in total. The van der Waals surface area contributed by atoms with E-state index in [4.69, 9.17) is 27.0 Å². The number of hydrogen-bond acceptors (Lipinski definition) is 4. The zero-order valence-corrected chi connectivity index (χ0v) is 21.0. The van der Waals surface area contributed by atoms with Crippen LogP contribution in [-0.2, 0) is 21.1 Å². The fourth-order valence-corrected chi connectivity index (χ4v) is 13.4. The minimum atomic E-state index is -4.05. The van der Waals surface area contributed by atoms with E-state index in [9.17, 15) is 0 Å². The monoisotopic (exact) mass is 538 g/mol. The standard InChI is InChI=1S/2C6H5ClOS.2C5H5.Zr/c2*7-9-6-4-2-1-3-5(6)8;2*1-2-4-5-3-1;/h2*1-4,8H;2*1-3H,4H2;/q;;;;+2/p-2. The number of rotatable bonds is 8. The Labute approximate surface area is 194 Å². The fraction of sp³-hybridized carbons (Fsp3) is 0.0909. The third kappa shape index (κ3) is 4.60. The van der Waals surface area contributed by atoms with Crippen molar-refractivity contribution >= 4 is 43.3 Å². The molecule has 0 amide bonds. The molecule has 0 radical (unpaired) electrons. The Morgan fingerprint density at radius 2 is 1.14 bits per heavy atom. The molecule has 2 aliphatic rings. The summed E-state index contributed by atoms with van der Waals surface area (Å²) in [4.78, 5) is 1.77. The van der Waals surface area contributed by atoms with E-state index in [-0.39, 0.29) is 0 Å². The molecule has 0 unspecified atom stereocenters. The Morgan fingerprint density at radius 1 is 0.690 bits per heavy atom. The first kappa shape index (κ1) is 21.4. The van der Waals surface area contributed by atoms with E-state index in [1.807, 2.05) is 48.5 Å². The summed E-state index contributed by atoms with van der Waals surface area (Å²) in [6.07, 6.45) is 14.5. The Balaban J connectivity index is 1.84. The minimum absolute atomic E-state index is 0.764. The van der Waals surface area contributed by atoms with E-state index >= 15 is 0 Å². The fourth-order valence-electron chi connectivity index (χ4n) is 3.38. The topological polar surface area (TPSA) is 18.5 Å². The van der Waals surface area contributed by atoms with Gasteiger partial charge in [0.2, 0.25) is 0 Å². The van der Waals surface area contributed by atoms with Crippen molar-refractivity contribution in [1.29, 1.82) is 0 Å². The molecule has 0 spiro atoms. The van der Waals surface area contributed by atoms with Crippen LogP contribution in [-0.4, -0.2) is 0 Å². The van der Waals surface area contributed by atoms with Crippen molar-refractivity contribution in [2.24, 2.45) is 0 Å². The maximum absolute atomic E-state index is 6.91. The molecule has 0 atom stereocenters. The third-order valence-corrected chi connectivity index (χ3v) is 15.2. The normalized spacial score (nSPS) is 15.4. The first-order valence-electron chi connectivity index (χ1n) is 9.12. The second kappa shape index (κ2) is 9.98. The van der Waals surface area contributed by atoms with Crippen LogP contribution < -0.4 is 5.63 Å². The van der Waals surface area contributed by atoms with Crippen molar-refractivity contribution in [2.75, 3.05) is 0 Å². The summed E-state index contributed by atoms with van der Waals surface area (Å²) in [6.45, 7) is 0. The second-order valence-corrected chi connectivity index (χ2v) is 15.8. The first-order valence-corrected chi connectivity index (χ1v) is 16.9. The van der Waals surface area contributed by atoms with Gasteiger partial charge >= 0.3 is 196 Å². The number of para-hydroxylation sites is 2. The molecule has 2 aromatic carbocycles. The van der Waals surface area contributed by atoms with Crippen LogP contribution in [0.25, 0.3) is 0 Å². The van der Waals surface area contributed by atoms with Crippen molar-refractivity contribution in [3.8, 4) is 11.5 Å². The van der Waals surface area contributed by atoms with Gasteiger partial charge in [0.15, 0.2) is 0 Å². The summed E-state index contributed by atoms with van der Waals surface area (Å²) in [5.41, 5.74) is 0. The molecular formula is C22H18Cl2O2S2Zr. The molecular weight excluding hydrogens is 523 g/mol. The number of allylic oxidation sites excluding steroid dienone is 8. The molecule has 148 valence electrons. The zero-order valence-electron chi connectivity index (χ0n) is 15.4. The third-order valence-electron chi connectivity index (χ3n) is 4.76. The van der Waals surface area contributed by atoms with Gasteiger partial charge in [0.1, 0.15) is 0 Å². The van der Waals surface area contributed by atoms with Crippen molar-refractivity contribution in [3.63, 3.8) is 0 Å². The summed E-state index contributed by atoms with van der Waals surface area (Å²) in [7, 11) is 14.6. The summed E-state index contributed by atoms with van der Waals surface area (Å²) >= 11 is -4.05. The van der Waals surface area contributed by atoms with Gasteiger partial charge in [0, 0.05) is 0 Å². The maximum atomic E-state index is 6.91. The molecule has 2 aromatic rings. The van der Waals surface area contributed by atoms with E-state index in [2.05, 4.69) is 36.5 Å². The van der Waals surface area contributed by atoms with E-state index in [0.29, 0.717) is 0 Å². The van der Waals surface area contributed by atoms with Gasteiger partial charge in [-0.2, -0.15) is 0 Å². The van der Waals surface area contributed by atoms with Gasteiger partial charge in [0.25, 0.3) is 0 Å². The Kier molecular flexibility index (Phi) is 7.36. The molecule has 0 saturated carbocycles. The van der Waals surface area contributed by atoms with Crippen LogP contribution in [0, 0.1) is 0 Å². The average molecular weight is 541 g/mol. The van der Waals surface area contributed by atoms with E-state index in [1.165, 1.54) is 28.5 Å². The van der Waals surface area contributed by atoms with Gasteiger partial charge in [-0.25, -0.2) is 0 Å². The van der Waals surface area contributed by atoms with Crippen LogP contribution in [0.3, 0.4) is 0 Å². The summed E-state index contributed by atoms with van der Waals surface area (Å²) in [6, 6.07) is 15.7. The second-order valence-electron chi connectivity index (χ2n) is 6.52. The SMILES string of the molecule is ClSc1ccccc1[O][Zr]([O]c1ccccc1SCl)([C]1=CC=CC1)[C]1=CC=CC1. The molecule has 7 heteroatoms. The van der Waals surface area contributed by atoms with E-state index in [1.54, 1.807) is 0 Å². The van der Waals surface area contributed by atoms with Crippen LogP contribution in [0.1, 0.15) is 12.8 Å². The molecule has 0 fully saturated rings. The Hall–Kier alpha value is -0.837. The first-order chi connectivity index (χ1) is 14.3. The quantitative estimate of drug-likeness (QED) is 0.335. The van der Waals surface area contributed by atoms with Crippen LogP contribution in [0.5, 0.6) is 11.5 Å².